The van der Waals surface area contributed by atoms with E-state index in [4.69, 9.17) is 10.8 Å². The van der Waals surface area contributed by atoms with Gasteiger partial charge in [0.15, 0.2) is 0 Å². The molecule has 1 amide bonds. The molecule has 1 aliphatic carbocycles. The van der Waals surface area contributed by atoms with Crippen molar-refractivity contribution in [1.29, 1.82) is 0 Å². The molecule has 0 radical (unpaired) electrons. The summed E-state index contributed by atoms with van der Waals surface area (Å²) >= 11 is 0. The Bertz CT molecular complexity index is 246. The summed E-state index contributed by atoms with van der Waals surface area (Å²) in [6, 6.07) is 0.0189. The highest BCUT2D eigenvalue weighted by Crippen LogP contribution is 2.22. The number of nitrogens with one attached hydrogen (secondary N) is 1. The lowest BCUT2D eigenvalue weighted by Gasteiger charge is -2.22. The average molecular weight is 256 g/mol. The summed E-state index contributed by atoms with van der Waals surface area (Å²) in [4.78, 5) is 12.1. The molecule has 18 heavy (non-hydrogen) atoms. The van der Waals surface area contributed by atoms with Crippen molar-refractivity contribution in [1.82, 2.24) is 5.32 Å². The van der Waals surface area contributed by atoms with E-state index in [-0.39, 0.29) is 24.5 Å². The van der Waals surface area contributed by atoms with Crippen molar-refractivity contribution in [2.24, 2.45) is 17.6 Å². The molecule has 0 aromatic heterocycles. The number of carbonyl (C=O) groups is 1. The molecule has 0 bridgehead atoms. The maximum absolute atomic E-state index is 12.1. The molecule has 3 unspecified atom stereocenters. The Morgan fingerprint density at radius 3 is 2.78 bits per heavy atom. The molecule has 4 nitrogen and oxygen atoms in total. The number of carbonyl (C=O) groups excluding carboxylic acids is 1. The van der Waals surface area contributed by atoms with Gasteiger partial charge in [0.05, 0.1) is 5.92 Å². The molecule has 1 saturated carbocycles. The highest BCUT2D eigenvalue weighted by atomic mass is 16.3. The van der Waals surface area contributed by atoms with Crippen molar-refractivity contribution in [2.45, 2.75) is 57.9 Å². The van der Waals surface area contributed by atoms with Crippen LogP contribution in [-0.2, 0) is 4.79 Å². The van der Waals surface area contributed by atoms with Crippen molar-refractivity contribution in [2.75, 3.05) is 13.2 Å². The third-order valence-corrected chi connectivity index (χ3v) is 4.09. The predicted octanol–water partition coefficient (Wildman–Crippen LogP) is 1.42. The Labute approximate surface area is 110 Å². The van der Waals surface area contributed by atoms with Gasteiger partial charge < -0.3 is 16.2 Å². The maximum atomic E-state index is 12.1. The van der Waals surface area contributed by atoms with Crippen molar-refractivity contribution >= 4 is 5.91 Å². The highest BCUT2D eigenvalue weighted by molar-refractivity contribution is 5.79. The SMILES string of the molecule is CCC(CCO)CNC(=O)C1CCCCCC1N. The fraction of sp³-hybridized carbons (Fsp3) is 0.929. The van der Waals surface area contributed by atoms with Gasteiger partial charge in [-0.3, -0.25) is 4.79 Å². The molecule has 106 valence electrons. The molecule has 1 fully saturated rings. The van der Waals surface area contributed by atoms with Gasteiger partial charge in [-0.1, -0.05) is 32.6 Å². The minimum Gasteiger partial charge on any atom is -0.396 e. The summed E-state index contributed by atoms with van der Waals surface area (Å²) in [6.45, 7) is 2.94. The van der Waals surface area contributed by atoms with Gasteiger partial charge in [-0.25, -0.2) is 0 Å². The van der Waals surface area contributed by atoms with E-state index in [1.807, 2.05) is 0 Å². The number of amides is 1. The highest BCUT2D eigenvalue weighted by Gasteiger charge is 2.26. The van der Waals surface area contributed by atoms with Crippen LogP contribution < -0.4 is 11.1 Å². The van der Waals surface area contributed by atoms with Gasteiger partial charge in [0.1, 0.15) is 0 Å². The van der Waals surface area contributed by atoms with E-state index in [0.29, 0.717) is 12.5 Å². The number of rotatable bonds is 6. The van der Waals surface area contributed by atoms with Gasteiger partial charge in [0, 0.05) is 19.2 Å². The normalized spacial score (nSPS) is 26.4. The minimum atomic E-state index is -0.0147. The zero-order valence-corrected chi connectivity index (χ0v) is 11.5. The van der Waals surface area contributed by atoms with Crippen LogP contribution in [-0.4, -0.2) is 30.2 Å². The van der Waals surface area contributed by atoms with Crippen molar-refractivity contribution in [3.8, 4) is 0 Å². The molecule has 0 aromatic rings. The monoisotopic (exact) mass is 256 g/mol. The lowest BCUT2D eigenvalue weighted by atomic mass is 9.94. The molecule has 4 heteroatoms. The zero-order chi connectivity index (χ0) is 13.4. The first-order chi connectivity index (χ1) is 8.69. The number of hydrogen-bond donors (Lipinski definition) is 3. The Balaban J connectivity index is 2.38. The van der Waals surface area contributed by atoms with Crippen LogP contribution in [0.4, 0.5) is 0 Å². The predicted molar refractivity (Wildman–Crippen MR) is 73.0 cm³/mol. The van der Waals surface area contributed by atoms with Crippen LogP contribution in [0.3, 0.4) is 0 Å². The Hall–Kier alpha value is -0.610. The van der Waals surface area contributed by atoms with E-state index in [1.165, 1.54) is 6.42 Å². The first-order valence-electron chi connectivity index (χ1n) is 7.33. The van der Waals surface area contributed by atoms with Gasteiger partial charge in [0.2, 0.25) is 5.91 Å². The molecule has 0 spiro atoms. The molecule has 1 rings (SSSR count). The average Bonchev–Trinajstić information content (AvgIpc) is 2.58. The molecule has 0 saturated heterocycles. The molecule has 0 aromatic carbocycles. The molecule has 4 N–H and O–H groups in total. The number of aliphatic hydroxyl groups is 1. The topological polar surface area (TPSA) is 75.3 Å². The van der Waals surface area contributed by atoms with Crippen LogP contribution in [0.1, 0.15) is 51.9 Å². The maximum Gasteiger partial charge on any atom is 0.224 e. The zero-order valence-electron chi connectivity index (χ0n) is 11.5. The van der Waals surface area contributed by atoms with Crippen LogP contribution in [0.15, 0.2) is 0 Å². The van der Waals surface area contributed by atoms with E-state index in [1.54, 1.807) is 0 Å². The van der Waals surface area contributed by atoms with Crippen LogP contribution in [0.5, 0.6) is 0 Å². The third kappa shape index (κ3) is 4.94. The first-order valence-corrected chi connectivity index (χ1v) is 7.33. The van der Waals surface area contributed by atoms with E-state index in [0.717, 1.165) is 38.5 Å². The van der Waals surface area contributed by atoms with Crippen LogP contribution in [0.25, 0.3) is 0 Å². The summed E-state index contributed by atoms with van der Waals surface area (Å²) in [5.74, 6) is 0.473. The Kier molecular flexibility index (Phi) is 7.28. The lowest BCUT2D eigenvalue weighted by molar-refractivity contribution is -0.126. The van der Waals surface area contributed by atoms with Crippen molar-refractivity contribution in [3.05, 3.63) is 0 Å². The number of nitrogens with two attached hydrogens (primary N) is 1. The van der Waals surface area contributed by atoms with Gasteiger partial charge in [-0.05, 0) is 25.2 Å². The van der Waals surface area contributed by atoms with Gasteiger partial charge in [-0.15, -0.1) is 0 Å². The van der Waals surface area contributed by atoms with E-state index in [9.17, 15) is 4.79 Å². The van der Waals surface area contributed by atoms with Crippen LogP contribution >= 0.6 is 0 Å². The fourth-order valence-corrected chi connectivity index (χ4v) is 2.67. The minimum absolute atomic E-state index is 0.0147. The third-order valence-electron chi connectivity index (χ3n) is 4.09. The summed E-state index contributed by atoms with van der Waals surface area (Å²) < 4.78 is 0. The second-order valence-electron chi connectivity index (χ2n) is 5.44. The van der Waals surface area contributed by atoms with E-state index < -0.39 is 0 Å². The quantitative estimate of drug-likeness (QED) is 0.629. The van der Waals surface area contributed by atoms with Crippen LogP contribution in [0.2, 0.25) is 0 Å². The number of aliphatic hydroxyl groups excluding tert-OH is 1. The lowest BCUT2D eigenvalue weighted by Crippen LogP contribution is -2.42. The molecule has 0 heterocycles. The van der Waals surface area contributed by atoms with Gasteiger partial charge >= 0.3 is 0 Å². The van der Waals surface area contributed by atoms with Gasteiger partial charge in [-0.2, -0.15) is 0 Å². The fourth-order valence-electron chi connectivity index (χ4n) is 2.67. The standard InChI is InChI=1S/C14H28N2O2/c1-2-11(8-9-17)10-16-14(18)12-6-4-3-5-7-13(12)15/h11-13,17H,2-10,15H2,1H3,(H,16,18). The van der Waals surface area contributed by atoms with Crippen molar-refractivity contribution in [3.63, 3.8) is 0 Å². The first kappa shape index (κ1) is 15.4. The Morgan fingerprint density at radius 1 is 1.39 bits per heavy atom. The molecule has 0 aliphatic heterocycles. The number of hydrogen-bond acceptors (Lipinski definition) is 3. The van der Waals surface area contributed by atoms with E-state index in [2.05, 4.69) is 12.2 Å². The van der Waals surface area contributed by atoms with E-state index >= 15 is 0 Å². The molecular weight excluding hydrogens is 228 g/mol. The van der Waals surface area contributed by atoms with Gasteiger partial charge in [0.25, 0.3) is 0 Å². The molecule has 3 atom stereocenters. The largest absolute Gasteiger partial charge is 0.396 e. The van der Waals surface area contributed by atoms with Crippen molar-refractivity contribution < 1.29 is 9.90 Å². The summed E-state index contributed by atoms with van der Waals surface area (Å²) in [6.07, 6.45) is 7.08. The molecular formula is C14H28N2O2. The Morgan fingerprint density at radius 2 is 2.11 bits per heavy atom. The van der Waals surface area contributed by atoms with Crippen LogP contribution in [0, 0.1) is 11.8 Å². The summed E-state index contributed by atoms with van der Waals surface area (Å²) in [5.41, 5.74) is 6.08. The second kappa shape index (κ2) is 8.48. The smallest absolute Gasteiger partial charge is 0.224 e. The summed E-state index contributed by atoms with van der Waals surface area (Å²) in [7, 11) is 0. The summed E-state index contributed by atoms with van der Waals surface area (Å²) in [5, 5.41) is 11.9. The second-order valence-corrected chi connectivity index (χ2v) is 5.44. The molecule has 1 aliphatic rings.